The number of hydrogen-bond acceptors (Lipinski definition) is 8. The summed E-state index contributed by atoms with van der Waals surface area (Å²) in [6.45, 7) is 3.85. The van der Waals surface area contributed by atoms with E-state index in [1.165, 1.54) is 23.6 Å². The van der Waals surface area contributed by atoms with Crippen molar-refractivity contribution >= 4 is 41.3 Å². The highest BCUT2D eigenvalue weighted by atomic mass is 32.2. The van der Waals surface area contributed by atoms with Crippen LogP contribution < -0.4 is 27.0 Å². The molecule has 0 saturated carbocycles. The number of amides is 5. The van der Waals surface area contributed by atoms with E-state index in [-0.39, 0.29) is 12.5 Å². The summed E-state index contributed by atoms with van der Waals surface area (Å²) in [5.41, 5.74) is 6.69. The molecule has 13 heteroatoms. The highest BCUT2D eigenvalue weighted by molar-refractivity contribution is 7.98. The van der Waals surface area contributed by atoms with Crippen LogP contribution in [0.2, 0.25) is 0 Å². The average Bonchev–Trinajstić information content (AvgIpc) is 2.92. The van der Waals surface area contributed by atoms with Crippen molar-refractivity contribution in [3.8, 4) is 0 Å². The van der Waals surface area contributed by atoms with E-state index >= 15 is 0 Å². The Labute approximate surface area is 239 Å². The number of carbonyl (C=O) groups excluding carboxylic acids is 5. The van der Waals surface area contributed by atoms with Gasteiger partial charge in [-0.25, -0.2) is 0 Å². The lowest BCUT2D eigenvalue weighted by Crippen LogP contribution is -2.58. The third-order valence-corrected chi connectivity index (χ3v) is 7.18. The van der Waals surface area contributed by atoms with Gasteiger partial charge in [-0.2, -0.15) is 11.8 Å². The first-order valence-corrected chi connectivity index (χ1v) is 14.7. The van der Waals surface area contributed by atoms with E-state index in [1.807, 2.05) is 36.6 Å². The van der Waals surface area contributed by atoms with E-state index in [2.05, 4.69) is 21.3 Å². The maximum absolute atomic E-state index is 13.2. The monoisotopic (exact) mass is 578 g/mol. The second-order valence-electron chi connectivity index (χ2n) is 10.3. The van der Waals surface area contributed by atoms with E-state index in [0.717, 1.165) is 5.56 Å². The van der Waals surface area contributed by atoms with Gasteiger partial charge in [0.1, 0.15) is 24.2 Å². The lowest BCUT2D eigenvalue weighted by Gasteiger charge is -2.31. The maximum Gasteiger partial charge on any atom is 0.243 e. The molecule has 0 unspecified atom stereocenters. The third-order valence-electron chi connectivity index (χ3n) is 6.53. The van der Waals surface area contributed by atoms with Gasteiger partial charge in [0.15, 0.2) is 0 Å². The Morgan fingerprint density at radius 3 is 2.33 bits per heavy atom. The van der Waals surface area contributed by atoms with Crippen LogP contribution >= 0.6 is 11.8 Å². The van der Waals surface area contributed by atoms with E-state index in [4.69, 9.17) is 5.73 Å². The second-order valence-corrected chi connectivity index (χ2v) is 11.3. The van der Waals surface area contributed by atoms with E-state index in [9.17, 15) is 29.1 Å². The van der Waals surface area contributed by atoms with Gasteiger partial charge in [-0.05, 0) is 43.3 Å². The van der Waals surface area contributed by atoms with Crippen molar-refractivity contribution in [3.63, 3.8) is 0 Å². The Kier molecular flexibility index (Phi) is 13.4. The lowest BCUT2D eigenvalue weighted by molar-refractivity contribution is -0.139. The van der Waals surface area contributed by atoms with E-state index in [1.54, 1.807) is 13.8 Å². The average molecular weight is 579 g/mol. The molecule has 1 aromatic rings. The molecule has 5 atom stereocenters. The molecule has 0 bridgehead atoms. The maximum atomic E-state index is 13.2. The molecular weight excluding hydrogens is 536 g/mol. The largest absolute Gasteiger partial charge is 0.394 e. The number of nitrogens with zero attached hydrogens (tertiary/aromatic N) is 1. The molecule has 1 aliphatic heterocycles. The van der Waals surface area contributed by atoms with Crippen LogP contribution in [0.15, 0.2) is 30.3 Å². The normalized spacial score (nSPS) is 24.2. The van der Waals surface area contributed by atoms with Crippen LogP contribution in [-0.4, -0.2) is 101 Å². The van der Waals surface area contributed by atoms with Gasteiger partial charge in [-0.3, -0.25) is 24.0 Å². The van der Waals surface area contributed by atoms with Gasteiger partial charge in [-0.15, -0.1) is 0 Å². The minimum Gasteiger partial charge on any atom is -0.394 e. The molecule has 40 heavy (non-hydrogen) atoms. The number of thioether (sulfide) groups is 1. The lowest BCUT2D eigenvalue weighted by atomic mass is 10.0. The van der Waals surface area contributed by atoms with Gasteiger partial charge in [0, 0.05) is 6.54 Å². The highest BCUT2D eigenvalue weighted by Crippen LogP contribution is 2.10. The summed E-state index contributed by atoms with van der Waals surface area (Å²) in [7, 11) is 0. The Morgan fingerprint density at radius 2 is 1.73 bits per heavy atom. The van der Waals surface area contributed by atoms with Crippen molar-refractivity contribution in [3.05, 3.63) is 35.9 Å². The minimum atomic E-state index is -1.28. The first-order valence-electron chi connectivity index (χ1n) is 13.3. The molecule has 1 aliphatic rings. The van der Waals surface area contributed by atoms with Crippen molar-refractivity contribution in [1.29, 1.82) is 0 Å². The van der Waals surface area contributed by atoms with Crippen LogP contribution in [0, 0.1) is 5.92 Å². The zero-order valence-electron chi connectivity index (χ0n) is 23.5. The number of rotatable bonds is 8. The topological polar surface area (TPSA) is 183 Å². The van der Waals surface area contributed by atoms with Gasteiger partial charge in [0.2, 0.25) is 29.5 Å². The van der Waals surface area contributed by atoms with E-state index in [0.29, 0.717) is 18.6 Å². The predicted octanol–water partition coefficient (Wildman–Crippen LogP) is -1.24. The van der Waals surface area contributed by atoms with Gasteiger partial charge < -0.3 is 37.0 Å². The first kappa shape index (κ1) is 33.0. The van der Waals surface area contributed by atoms with Crippen LogP contribution in [0.5, 0.6) is 0 Å². The molecule has 5 amide bonds. The molecule has 222 valence electrons. The van der Waals surface area contributed by atoms with Crippen LogP contribution in [0.3, 0.4) is 0 Å². The van der Waals surface area contributed by atoms with E-state index < -0.39 is 72.9 Å². The zero-order chi connectivity index (χ0) is 29.8. The van der Waals surface area contributed by atoms with Gasteiger partial charge in [-0.1, -0.05) is 44.2 Å². The van der Waals surface area contributed by atoms with Crippen LogP contribution in [0.1, 0.15) is 32.8 Å². The number of carbonyl (C=O) groups is 5. The molecule has 1 heterocycles. The van der Waals surface area contributed by atoms with Crippen LogP contribution in [0.4, 0.5) is 0 Å². The molecule has 12 nitrogen and oxygen atoms in total. The molecule has 0 spiro atoms. The van der Waals surface area contributed by atoms with Gasteiger partial charge in [0.05, 0.1) is 19.2 Å². The molecule has 0 radical (unpaired) electrons. The number of aliphatic hydroxyl groups excluding tert-OH is 1. The highest BCUT2D eigenvalue weighted by Gasteiger charge is 2.33. The summed E-state index contributed by atoms with van der Waals surface area (Å²) in [6.07, 6.45) is 2.52. The Balaban J connectivity index is 2.48. The summed E-state index contributed by atoms with van der Waals surface area (Å²) in [5.74, 6) is -2.62. The van der Waals surface area contributed by atoms with Crippen LogP contribution in [0.25, 0.3) is 0 Å². The fraction of sp³-hybridized carbons (Fsp3) is 0.593. The summed E-state index contributed by atoms with van der Waals surface area (Å²) >= 11 is 1.51. The summed E-state index contributed by atoms with van der Waals surface area (Å²) in [5, 5.41) is 20.5. The summed E-state index contributed by atoms with van der Waals surface area (Å²) in [6, 6.07) is 4.49. The van der Waals surface area contributed by atoms with Crippen molar-refractivity contribution in [2.75, 3.05) is 31.7 Å². The molecule has 0 aliphatic carbocycles. The van der Waals surface area contributed by atoms with Crippen molar-refractivity contribution in [1.82, 2.24) is 26.2 Å². The van der Waals surface area contributed by atoms with Crippen LogP contribution in [-0.2, 0) is 30.4 Å². The smallest absolute Gasteiger partial charge is 0.243 e. The fourth-order valence-corrected chi connectivity index (χ4v) is 4.74. The quantitative estimate of drug-likeness (QED) is 0.221. The molecular formula is C27H42N6O6S. The summed E-state index contributed by atoms with van der Waals surface area (Å²) < 4.78 is 0. The second kappa shape index (κ2) is 16.2. The van der Waals surface area contributed by atoms with Gasteiger partial charge in [0.25, 0.3) is 0 Å². The number of benzene rings is 1. The molecule has 1 saturated heterocycles. The number of aliphatic hydroxyl groups is 1. The van der Waals surface area contributed by atoms with Crippen molar-refractivity contribution < 1.29 is 29.1 Å². The van der Waals surface area contributed by atoms with Gasteiger partial charge >= 0.3 is 0 Å². The molecule has 2 rings (SSSR count). The number of nitrogens with two attached hydrogens (primary N) is 1. The SMILES string of the molecule is CSCC[C@@H]1NC(=O)[C@H](C(C)C)NC(=O)CN(C(=O)[C@@H](N)CO)C[C@@H](Cc2ccccc2)NC(=O)[C@H](C)NC1=O. The Bertz CT molecular complexity index is 1030. The Morgan fingerprint density at radius 1 is 1.05 bits per heavy atom. The standard InChI is InChI=1S/C27H42N6O6S/c1-16(2)23-26(38)31-21(10-11-40-4)25(37)29-17(3)24(36)30-19(12-18-8-6-5-7-9-18)13-33(14-22(35)32-23)27(39)20(28)15-34/h5-9,16-17,19-21,23,34H,10-15,28H2,1-4H3,(H,29,37)(H,30,36)(H,31,38)(H,32,35)/t17-,19+,20-,21-,23-/m0/s1. The summed E-state index contributed by atoms with van der Waals surface area (Å²) in [4.78, 5) is 66.9. The Hall–Kier alpha value is -3.16. The number of hydrogen-bond donors (Lipinski definition) is 6. The molecule has 0 aromatic heterocycles. The van der Waals surface area contributed by atoms with Crippen molar-refractivity contribution in [2.24, 2.45) is 11.7 Å². The molecule has 1 fully saturated rings. The fourth-order valence-electron chi connectivity index (χ4n) is 4.27. The predicted molar refractivity (Wildman–Crippen MR) is 153 cm³/mol. The third kappa shape index (κ3) is 10.1. The zero-order valence-corrected chi connectivity index (χ0v) is 24.3. The minimum absolute atomic E-state index is 0.101. The molecule has 7 N–H and O–H groups in total. The molecule has 1 aromatic carbocycles. The first-order chi connectivity index (χ1) is 19.0. The van der Waals surface area contributed by atoms with Crippen molar-refractivity contribution in [2.45, 2.75) is 63.8 Å². The number of nitrogens with one attached hydrogen (secondary N) is 4.